The Morgan fingerprint density at radius 1 is 0.880 bits per heavy atom. The first-order chi connectivity index (χ1) is 12.1. The number of oxime groups is 2. The number of methoxy groups -OCH3 is 2. The van der Waals surface area contributed by atoms with E-state index in [2.05, 4.69) is 23.2 Å². The van der Waals surface area contributed by atoms with Gasteiger partial charge in [0.2, 0.25) is 0 Å². The highest BCUT2D eigenvalue weighted by Gasteiger charge is 2.20. The van der Waals surface area contributed by atoms with Gasteiger partial charge >= 0.3 is 0 Å². The molecule has 0 aliphatic heterocycles. The van der Waals surface area contributed by atoms with Gasteiger partial charge < -0.3 is 29.2 Å². The minimum Gasteiger partial charge on any atom is -0.504 e. The fraction of sp³-hybridized carbons (Fsp3) is 0.125. The van der Waals surface area contributed by atoms with Gasteiger partial charge in [-0.2, -0.15) is 0 Å². The molecule has 0 atom stereocenters. The van der Waals surface area contributed by atoms with Crippen LogP contribution in [-0.2, 0) is 0 Å². The first-order valence-electron chi connectivity index (χ1n) is 6.89. The van der Waals surface area contributed by atoms with Crippen molar-refractivity contribution in [2.24, 2.45) is 10.3 Å². The molecule has 0 aromatic heterocycles. The molecule has 0 aliphatic carbocycles. The fourth-order valence-corrected chi connectivity index (χ4v) is 2.59. The molecular formula is C16H16N2O6S. The summed E-state index contributed by atoms with van der Waals surface area (Å²) in [6.07, 6.45) is 2.36. The van der Waals surface area contributed by atoms with Crippen LogP contribution in [0.3, 0.4) is 0 Å². The van der Waals surface area contributed by atoms with E-state index in [1.807, 2.05) is 0 Å². The predicted molar refractivity (Wildman–Crippen MR) is 95.0 cm³/mol. The molecule has 8 nitrogen and oxygen atoms in total. The molecule has 0 aliphatic rings. The number of aromatic hydroxyl groups is 1. The molecule has 132 valence electrons. The summed E-state index contributed by atoms with van der Waals surface area (Å²) in [5.74, 6) is 0.587. The lowest BCUT2D eigenvalue weighted by Crippen LogP contribution is -1.98. The van der Waals surface area contributed by atoms with E-state index in [-0.39, 0.29) is 11.5 Å². The Bertz CT molecular complexity index is 823. The molecule has 9 heteroatoms. The van der Waals surface area contributed by atoms with Crippen LogP contribution in [0, 0.1) is 0 Å². The third kappa shape index (κ3) is 3.72. The van der Waals surface area contributed by atoms with Crippen LogP contribution in [0.15, 0.2) is 34.6 Å². The van der Waals surface area contributed by atoms with Gasteiger partial charge in [0.15, 0.2) is 23.0 Å². The van der Waals surface area contributed by atoms with E-state index < -0.39 is 0 Å². The molecule has 0 fully saturated rings. The van der Waals surface area contributed by atoms with Crippen molar-refractivity contribution in [1.82, 2.24) is 0 Å². The monoisotopic (exact) mass is 364 g/mol. The van der Waals surface area contributed by atoms with E-state index in [0.29, 0.717) is 33.8 Å². The Hall–Kier alpha value is -3.07. The van der Waals surface area contributed by atoms with E-state index in [9.17, 15) is 5.11 Å². The van der Waals surface area contributed by atoms with Gasteiger partial charge in [0.05, 0.1) is 26.6 Å². The average molecular weight is 364 g/mol. The number of hydrogen-bond acceptors (Lipinski definition) is 9. The maximum Gasteiger partial charge on any atom is 0.186 e. The Morgan fingerprint density at radius 2 is 1.44 bits per heavy atom. The summed E-state index contributed by atoms with van der Waals surface area (Å²) in [4.78, 5) is 0. The fourth-order valence-electron chi connectivity index (χ4n) is 2.40. The maximum absolute atomic E-state index is 10.2. The molecule has 0 radical (unpaired) electrons. The lowest BCUT2D eigenvalue weighted by Gasteiger charge is -2.17. The standard InChI is InChI=1S/C16H16N2O6S/c1-22-14-6-10(8-18-21)4-12(16(14)23-2)11-3-9(7-17-20)5-13(19)15(11)24-25/h3-8,19-21,25H,1-2H3/b17-7+,18-8+. The normalized spacial score (nSPS) is 11.2. The summed E-state index contributed by atoms with van der Waals surface area (Å²) < 4.78 is 15.7. The second-order valence-electron chi connectivity index (χ2n) is 4.80. The lowest BCUT2D eigenvalue weighted by molar-refractivity contribution is 0.321. The largest absolute Gasteiger partial charge is 0.504 e. The highest BCUT2D eigenvalue weighted by molar-refractivity contribution is 7.75. The Balaban J connectivity index is 2.85. The second-order valence-corrected chi connectivity index (χ2v) is 4.98. The Labute approximate surface area is 149 Å². The highest BCUT2D eigenvalue weighted by Crippen LogP contribution is 2.46. The quantitative estimate of drug-likeness (QED) is 0.206. The zero-order valence-corrected chi connectivity index (χ0v) is 14.3. The molecule has 0 bridgehead atoms. The van der Waals surface area contributed by atoms with Gasteiger partial charge in [-0.1, -0.05) is 10.3 Å². The van der Waals surface area contributed by atoms with Crippen molar-refractivity contribution in [2.45, 2.75) is 0 Å². The van der Waals surface area contributed by atoms with Crippen molar-refractivity contribution in [3.05, 3.63) is 35.4 Å². The molecule has 0 spiro atoms. The molecule has 2 aromatic carbocycles. The number of nitrogens with zero attached hydrogens (tertiary/aromatic N) is 2. The zero-order valence-electron chi connectivity index (χ0n) is 13.4. The summed E-state index contributed by atoms with van der Waals surface area (Å²) in [6, 6.07) is 6.20. The first kappa shape index (κ1) is 18.3. The van der Waals surface area contributed by atoms with Crippen LogP contribution < -0.4 is 13.7 Å². The van der Waals surface area contributed by atoms with Gasteiger partial charge in [0, 0.05) is 35.2 Å². The molecule has 0 unspecified atom stereocenters. The van der Waals surface area contributed by atoms with E-state index in [1.54, 1.807) is 18.2 Å². The van der Waals surface area contributed by atoms with E-state index in [0.717, 1.165) is 6.21 Å². The third-order valence-corrected chi connectivity index (χ3v) is 3.57. The van der Waals surface area contributed by atoms with Gasteiger partial charge in [-0.3, -0.25) is 0 Å². The topological polar surface area (TPSA) is 113 Å². The van der Waals surface area contributed by atoms with Crippen LogP contribution >= 0.6 is 12.9 Å². The summed E-state index contributed by atoms with van der Waals surface area (Å²) in [6.45, 7) is 0. The van der Waals surface area contributed by atoms with Crippen molar-refractivity contribution in [1.29, 1.82) is 0 Å². The number of benzene rings is 2. The molecule has 0 heterocycles. The van der Waals surface area contributed by atoms with E-state index in [1.165, 1.54) is 26.5 Å². The zero-order chi connectivity index (χ0) is 18.4. The molecule has 2 aromatic rings. The van der Waals surface area contributed by atoms with Crippen LogP contribution in [0.4, 0.5) is 0 Å². The highest BCUT2D eigenvalue weighted by atomic mass is 32.1. The lowest BCUT2D eigenvalue weighted by atomic mass is 9.98. The van der Waals surface area contributed by atoms with Crippen LogP contribution in [-0.4, -0.2) is 42.2 Å². The minimum absolute atomic E-state index is 0.0665. The van der Waals surface area contributed by atoms with Crippen molar-refractivity contribution >= 4 is 25.3 Å². The number of phenolic OH excluding ortho intramolecular Hbond substituents is 1. The number of thiol groups is 1. The van der Waals surface area contributed by atoms with Gasteiger partial charge in [-0.05, 0) is 24.3 Å². The Morgan fingerprint density at radius 3 is 1.92 bits per heavy atom. The molecule has 0 amide bonds. The van der Waals surface area contributed by atoms with Crippen molar-refractivity contribution in [3.8, 4) is 34.1 Å². The maximum atomic E-state index is 10.2. The number of hydrogen-bond donors (Lipinski definition) is 4. The molecule has 3 N–H and O–H groups in total. The molecule has 2 rings (SSSR count). The van der Waals surface area contributed by atoms with Gasteiger partial charge in [-0.15, -0.1) is 0 Å². The van der Waals surface area contributed by atoms with E-state index in [4.69, 9.17) is 24.1 Å². The summed E-state index contributed by atoms with van der Waals surface area (Å²) >= 11 is 3.78. The van der Waals surface area contributed by atoms with Crippen molar-refractivity contribution in [2.75, 3.05) is 14.2 Å². The third-order valence-electron chi connectivity index (χ3n) is 3.39. The molecule has 0 saturated heterocycles. The van der Waals surface area contributed by atoms with Gasteiger partial charge in [0.1, 0.15) is 0 Å². The average Bonchev–Trinajstić information content (AvgIpc) is 2.61. The van der Waals surface area contributed by atoms with Crippen LogP contribution in [0.2, 0.25) is 0 Å². The molecule has 0 saturated carbocycles. The summed E-state index contributed by atoms with van der Waals surface area (Å²) in [7, 11) is 2.92. The van der Waals surface area contributed by atoms with Crippen LogP contribution in [0.5, 0.6) is 23.0 Å². The summed E-state index contributed by atoms with van der Waals surface area (Å²) in [5.41, 5.74) is 1.80. The van der Waals surface area contributed by atoms with Gasteiger partial charge in [-0.25, -0.2) is 0 Å². The molecule has 25 heavy (non-hydrogen) atoms. The second kappa shape index (κ2) is 8.15. The SMILES string of the molecule is COc1cc(/C=N/O)cc(-c2cc(/C=N/O)cc(O)c2OS)c1OC. The van der Waals surface area contributed by atoms with Crippen LogP contribution in [0.1, 0.15) is 11.1 Å². The summed E-state index contributed by atoms with van der Waals surface area (Å²) in [5, 5.41) is 33.7. The number of ether oxygens (including phenoxy) is 2. The number of phenols is 1. The smallest absolute Gasteiger partial charge is 0.186 e. The molecular weight excluding hydrogens is 348 g/mol. The van der Waals surface area contributed by atoms with E-state index >= 15 is 0 Å². The minimum atomic E-state index is -0.218. The van der Waals surface area contributed by atoms with Gasteiger partial charge in [0.25, 0.3) is 0 Å². The number of rotatable bonds is 6. The van der Waals surface area contributed by atoms with Crippen LogP contribution in [0.25, 0.3) is 11.1 Å². The first-order valence-corrected chi connectivity index (χ1v) is 7.25. The van der Waals surface area contributed by atoms with Crippen molar-refractivity contribution in [3.63, 3.8) is 0 Å². The Kier molecular flexibility index (Phi) is 5.96. The van der Waals surface area contributed by atoms with Crippen molar-refractivity contribution < 1.29 is 29.2 Å². The predicted octanol–water partition coefficient (Wildman–Crippen LogP) is 2.92.